The standard InChI is InChI=1S/C16H25N3O2/c1-16(2,3)13-10-14(19-18-13)17-15(21)9-8-11-6-4-5-7-12(11)20/h4-7,13-14,18-20H,8-10H2,1-3H3,(H,17,21). The van der Waals surface area contributed by atoms with Crippen LogP contribution in [-0.4, -0.2) is 23.2 Å². The highest BCUT2D eigenvalue weighted by atomic mass is 16.3. The van der Waals surface area contributed by atoms with Gasteiger partial charge in [-0.2, -0.15) is 0 Å². The van der Waals surface area contributed by atoms with Crippen molar-refractivity contribution >= 4 is 5.91 Å². The maximum atomic E-state index is 12.0. The molecule has 0 saturated carbocycles. The van der Waals surface area contributed by atoms with E-state index in [-0.39, 0.29) is 23.2 Å². The third-order valence-electron chi connectivity index (χ3n) is 3.90. The summed E-state index contributed by atoms with van der Waals surface area (Å²) in [7, 11) is 0. The van der Waals surface area contributed by atoms with E-state index in [9.17, 15) is 9.90 Å². The number of nitrogens with one attached hydrogen (secondary N) is 3. The molecule has 1 heterocycles. The molecule has 5 nitrogen and oxygen atoms in total. The van der Waals surface area contributed by atoms with Gasteiger partial charge in [0, 0.05) is 12.5 Å². The summed E-state index contributed by atoms with van der Waals surface area (Å²) < 4.78 is 0. The molecule has 1 aliphatic rings. The van der Waals surface area contributed by atoms with E-state index in [2.05, 4.69) is 36.9 Å². The molecule has 1 aromatic rings. The minimum absolute atomic E-state index is 0.00730. The molecule has 2 rings (SSSR count). The van der Waals surface area contributed by atoms with Crippen LogP contribution in [0.3, 0.4) is 0 Å². The molecular formula is C16H25N3O2. The molecule has 2 atom stereocenters. The second kappa shape index (κ2) is 6.45. The van der Waals surface area contributed by atoms with Gasteiger partial charge in [-0.1, -0.05) is 39.0 Å². The first-order chi connectivity index (χ1) is 9.86. The van der Waals surface area contributed by atoms with E-state index in [0.29, 0.717) is 18.9 Å². The zero-order valence-corrected chi connectivity index (χ0v) is 12.9. The van der Waals surface area contributed by atoms with Crippen LogP contribution in [0, 0.1) is 5.41 Å². The van der Waals surface area contributed by atoms with Crippen LogP contribution in [0.5, 0.6) is 5.75 Å². The first-order valence-electron chi connectivity index (χ1n) is 7.43. The van der Waals surface area contributed by atoms with Crippen molar-refractivity contribution in [2.45, 2.75) is 52.2 Å². The van der Waals surface area contributed by atoms with Crippen molar-refractivity contribution in [1.29, 1.82) is 0 Å². The highest BCUT2D eigenvalue weighted by Gasteiger charge is 2.32. The van der Waals surface area contributed by atoms with E-state index >= 15 is 0 Å². The number of carbonyl (C=O) groups excluding carboxylic acids is 1. The molecule has 21 heavy (non-hydrogen) atoms. The predicted molar refractivity (Wildman–Crippen MR) is 82.5 cm³/mol. The van der Waals surface area contributed by atoms with Crippen LogP contribution in [-0.2, 0) is 11.2 Å². The number of benzene rings is 1. The maximum absolute atomic E-state index is 12.0. The Bertz CT molecular complexity index is 497. The summed E-state index contributed by atoms with van der Waals surface area (Å²) in [5.41, 5.74) is 7.31. The van der Waals surface area contributed by atoms with Crippen molar-refractivity contribution in [2.75, 3.05) is 0 Å². The average molecular weight is 291 g/mol. The van der Waals surface area contributed by atoms with Gasteiger partial charge in [0.05, 0.1) is 6.17 Å². The highest BCUT2D eigenvalue weighted by Crippen LogP contribution is 2.24. The normalized spacial score (nSPS) is 22.2. The topological polar surface area (TPSA) is 73.4 Å². The molecular weight excluding hydrogens is 266 g/mol. The number of aromatic hydroxyl groups is 1. The van der Waals surface area contributed by atoms with Crippen LogP contribution in [0.15, 0.2) is 24.3 Å². The van der Waals surface area contributed by atoms with Gasteiger partial charge >= 0.3 is 0 Å². The number of hydrogen-bond donors (Lipinski definition) is 4. The minimum Gasteiger partial charge on any atom is -0.508 e. The lowest BCUT2D eigenvalue weighted by Gasteiger charge is -2.25. The molecule has 0 bridgehead atoms. The molecule has 4 N–H and O–H groups in total. The molecule has 1 amide bonds. The summed E-state index contributed by atoms with van der Waals surface area (Å²) in [5, 5.41) is 12.7. The highest BCUT2D eigenvalue weighted by molar-refractivity contribution is 5.76. The van der Waals surface area contributed by atoms with Crippen LogP contribution < -0.4 is 16.2 Å². The Labute approximate surface area is 126 Å². The third-order valence-corrected chi connectivity index (χ3v) is 3.90. The number of aryl methyl sites for hydroxylation is 1. The smallest absolute Gasteiger partial charge is 0.221 e. The second-order valence-electron chi connectivity index (χ2n) is 6.69. The van der Waals surface area contributed by atoms with Crippen LogP contribution in [0.2, 0.25) is 0 Å². The van der Waals surface area contributed by atoms with Crippen molar-refractivity contribution in [3.63, 3.8) is 0 Å². The maximum Gasteiger partial charge on any atom is 0.221 e. The minimum atomic E-state index is -0.0360. The quantitative estimate of drug-likeness (QED) is 0.681. The number of rotatable bonds is 4. The summed E-state index contributed by atoms with van der Waals surface area (Å²) in [6.07, 6.45) is 1.74. The Morgan fingerprint density at radius 3 is 2.67 bits per heavy atom. The zero-order valence-electron chi connectivity index (χ0n) is 12.9. The van der Waals surface area contributed by atoms with Gasteiger partial charge in [0.1, 0.15) is 5.75 Å². The zero-order chi connectivity index (χ0) is 15.5. The molecule has 2 unspecified atom stereocenters. The first-order valence-corrected chi connectivity index (χ1v) is 7.43. The van der Waals surface area contributed by atoms with E-state index < -0.39 is 0 Å². The molecule has 0 radical (unpaired) electrons. The van der Waals surface area contributed by atoms with Crippen LogP contribution in [0.1, 0.15) is 39.2 Å². The fourth-order valence-electron chi connectivity index (χ4n) is 2.46. The number of phenolic OH excluding ortho intramolecular Hbond substituents is 1. The van der Waals surface area contributed by atoms with Crippen LogP contribution >= 0.6 is 0 Å². The summed E-state index contributed by atoms with van der Waals surface area (Å²) >= 11 is 0. The molecule has 1 aliphatic heterocycles. The molecule has 5 heteroatoms. The molecule has 1 saturated heterocycles. The van der Waals surface area contributed by atoms with E-state index in [1.165, 1.54) is 0 Å². The van der Waals surface area contributed by atoms with Gasteiger partial charge in [-0.25, -0.2) is 5.43 Å². The lowest BCUT2D eigenvalue weighted by Crippen LogP contribution is -2.45. The number of para-hydroxylation sites is 1. The molecule has 0 aliphatic carbocycles. The molecule has 1 aromatic carbocycles. The largest absolute Gasteiger partial charge is 0.508 e. The van der Waals surface area contributed by atoms with Gasteiger partial charge in [0.2, 0.25) is 5.91 Å². The van der Waals surface area contributed by atoms with Crippen molar-refractivity contribution in [2.24, 2.45) is 5.41 Å². The van der Waals surface area contributed by atoms with E-state index in [1.807, 2.05) is 12.1 Å². The lowest BCUT2D eigenvalue weighted by atomic mass is 9.85. The molecule has 116 valence electrons. The Kier molecular flexibility index (Phi) is 4.85. The number of phenols is 1. The summed E-state index contributed by atoms with van der Waals surface area (Å²) in [6, 6.07) is 7.46. The van der Waals surface area contributed by atoms with Gasteiger partial charge in [-0.05, 0) is 29.9 Å². The fourth-order valence-corrected chi connectivity index (χ4v) is 2.46. The van der Waals surface area contributed by atoms with Crippen molar-refractivity contribution in [3.05, 3.63) is 29.8 Å². The van der Waals surface area contributed by atoms with Crippen molar-refractivity contribution in [3.8, 4) is 5.75 Å². The van der Waals surface area contributed by atoms with E-state index in [0.717, 1.165) is 12.0 Å². The second-order valence-corrected chi connectivity index (χ2v) is 6.69. The van der Waals surface area contributed by atoms with Crippen LogP contribution in [0.4, 0.5) is 0 Å². The van der Waals surface area contributed by atoms with Gasteiger partial charge in [0.25, 0.3) is 0 Å². The summed E-state index contributed by atoms with van der Waals surface area (Å²) in [6.45, 7) is 6.53. The molecule has 0 aromatic heterocycles. The summed E-state index contributed by atoms with van der Waals surface area (Å²) in [4.78, 5) is 12.0. The van der Waals surface area contributed by atoms with E-state index in [1.54, 1.807) is 12.1 Å². The van der Waals surface area contributed by atoms with Crippen LogP contribution in [0.25, 0.3) is 0 Å². The average Bonchev–Trinajstić information content (AvgIpc) is 2.86. The number of hydrogen-bond acceptors (Lipinski definition) is 4. The third kappa shape index (κ3) is 4.44. The monoisotopic (exact) mass is 291 g/mol. The fraction of sp³-hybridized carbons (Fsp3) is 0.562. The predicted octanol–water partition coefficient (Wildman–Crippen LogP) is 1.68. The Hall–Kier alpha value is -1.59. The molecule has 1 fully saturated rings. The number of hydrazine groups is 1. The Morgan fingerprint density at radius 2 is 2.05 bits per heavy atom. The van der Waals surface area contributed by atoms with Gasteiger partial charge < -0.3 is 10.4 Å². The SMILES string of the molecule is CC(C)(C)C1CC(NC(=O)CCc2ccccc2O)NN1. The van der Waals surface area contributed by atoms with Crippen molar-refractivity contribution in [1.82, 2.24) is 16.2 Å². The van der Waals surface area contributed by atoms with Crippen molar-refractivity contribution < 1.29 is 9.90 Å². The first kappa shape index (κ1) is 15.8. The number of carbonyl (C=O) groups is 1. The summed E-state index contributed by atoms with van der Waals surface area (Å²) in [5.74, 6) is 0.242. The Balaban J connectivity index is 1.77. The van der Waals surface area contributed by atoms with Gasteiger partial charge in [-0.3, -0.25) is 10.2 Å². The van der Waals surface area contributed by atoms with E-state index in [4.69, 9.17) is 0 Å². The molecule has 0 spiro atoms. The number of amides is 1. The Morgan fingerprint density at radius 1 is 1.33 bits per heavy atom. The van der Waals surface area contributed by atoms with Gasteiger partial charge in [0.15, 0.2) is 0 Å². The lowest BCUT2D eigenvalue weighted by molar-refractivity contribution is -0.121. The van der Waals surface area contributed by atoms with Gasteiger partial charge in [-0.15, -0.1) is 0 Å².